The molecule has 1 aromatic carbocycles. The van der Waals surface area contributed by atoms with Crippen molar-refractivity contribution >= 4 is 11.5 Å². The number of benzene rings is 1. The highest BCUT2D eigenvalue weighted by Gasteiger charge is 2.13. The van der Waals surface area contributed by atoms with Crippen LogP contribution in [0.1, 0.15) is 26.0 Å². The molecule has 1 N–H and O–H groups in total. The molecule has 0 spiro atoms. The molecule has 0 unspecified atom stereocenters. The van der Waals surface area contributed by atoms with Gasteiger partial charge in [-0.2, -0.15) is 5.10 Å². The summed E-state index contributed by atoms with van der Waals surface area (Å²) in [5.74, 6) is 0.400. The minimum Gasteiger partial charge on any atom is -0.323 e. The summed E-state index contributed by atoms with van der Waals surface area (Å²) >= 11 is 0. The van der Waals surface area contributed by atoms with E-state index >= 15 is 0 Å². The van der Waals surface area contributed by atoms with Crippen LogP contribution in [0.15, 0.2) is 36.4 Å². The highest BCUT2D eigenvalue weighted by molar-refractivity contribution is 5.59. The molecule has 0 fully saturated rings. The molecule has 112 valence electrons. The van der Waals surface area contributed by atoms with E-state index in [4.69, 9.17) is 0 Å². The maximum absolute atomic E-state index is 13.9. The van der Waals surface area contributed by atoms with Crippen LogP contribution >= 0.6 is 0 Å². The summed E-state index contributed by atoms with van der Waals surface area (Å²) in [7, 11) is 0. The molecular weight excluding hydrogens is 267 g/mol. The molecule has 0 bridgehead atoms. The van der Waals surface area contributed by atoms with Crippen molar-refractivity contribution in [3.8, 4) is 0 Å². The molecule has 0 saturated heterocycles. The molecule has 0 aliphatic carbocycles. The Morgan fingerprint density at radius 2 is 1.90 bits per heavy atom. The van der Waals surface area contributed by atoms with Gasteiger partial charge in [-0.1, -0.05) is 19.1 Å². The summed E-state index contributed by atoms with van der Waals surface area (Å²) in [6, 6.07) is 10.5. The van der Waals surface area contributed by atoms with Crippen LogP contribution < -0.4 is 10.2 Å². The van der Waals surface area contributed by atoms with Crippen molar-refractivity contribution in [3.05, 3.63) is 47.9 Å². The molecule has 21 heavy (non-hydrogen) atoms. The summed E-state index contributed by atoms with van der Waals surface area (Å²) < 4.78 is 13.9. The number of hydrogen-bond donors (Lipinski definition) is 1. The van der Waals surface area contributed by atoms with E-state index in [2.05, 4.69) is 22.4 Å². The third kappa shape index (κ3) is 3.98. The number of anilines is 2. The van der Waals surface area contributed by atoms with Gasteiger partial charge in [0, 0.05) is 13.1 Å². The number of nitrogens with zero attached hydrogens (tertiary/aromatic N) is 3. The van der Waals surface area contributed by atoms with Gasteiger partial charge in [0.15, 0.2) is 5.82 Å². The Labute approximate surface area is 125 Å². The fourth-order valence-electron chi connectivity index (χ4n) is 2.11. The van der Waals surface area contributed by atoms with Crippen molar-refractivity contribution in [1.29, 1.82) is 0 Å². The molecule has 0 atom stereocenters. The molecule has 0 radical (unpaired) electrons. The lowest BCUT2D eigenvalue weighted by Crippen LogP contribution is -2.20. The van der Waals surface area contributed by atoms with Crippen molar-refractivity contribution in [2.45, 2.75) is 26.8 Å². The number of nitrogens with one attached hydrogen (secondary N) is 1. The molecule has 1 aromatic heterocycles. The average Bonchev–Trinajstić information content (AvgIpc) is 2.51. The Kier molecular flexibility index (Phi) is 5.63. The van der Waals surface area contributed by atoms with Crippen LogP contribution in [-0.4, -0.2) is 23.3 Å². The summed E-state index contributed by atoms with van der Waals surface area (Å²) in [6.45, 7) is 6.37. The Morgan fingerprint density at radius 3 is 2.52 bits per heavy atom. The van der Waals surface area contributed by atoms with Gasteiger partial charge in [-0.05, 0) is 44.2 Å². The van der Waals surface area contributed by atoms with E-state index in [1.807, 2.05) is 30.0 Å². The number of aromatic nitrogens is 2. The number of hydrogen-bond acceptors (Lipinski definition) is 4. The van der Waals surface area contributed by atoms with Crippen LogP contribution in [0.2, 0.25) is 0 Å². The molecule has 0 aliphatic heterocycles. The Morgan fingerprint density at radius 1 is 1.10 bits per heavy atom. The zero-order valence-electron chi connectivity index (χ0n) is 12.5. The quantitative estimate of drug-likeness (QED) is 0.794. The topological polar surface area (TPSA) is 41.0 Å². The van der Waals surface area contributed by atoms with Crippen LogP contribution in [0.25, 0.3) is 0 Å². The first kappa shape index (κ1) is 15.4. The van der Waals surface area contributed by atoms with E-state index < -0.39 is 0 Å². The van der Waals surface area contributed by atoms with Gasteiger partial charge in [0.05, 0.1) is 11.4 Å². The highest BCUT2D eigenvalue weighted by atomic mass is 19.1. The fraction of sp³-hybridized carbons (Fsp3) is 0.375. The molecule has 5 heteroatoms. The molecule has 1 heterocycles. The molecule has 0 aliphatic rings. The first-order valence-corrected chi connectivity index (χ1v) is 7.31. The second-order valence-electron chi connectivity index (χ2n) is 4.76. The fourth-order valence-corrected chi connectivity index (χ4v) is 2.11. The zero-order chi connectivity index (χ0) is 15.1. The van der Waals surface area contributed by atoms with Gasteiger partial charge in [-0.15, -0.1) is 5.10 Å². The van der Waals surface area contributed by atoms with E-state index in [1.54, 1.807) is 12.1 Å². The first-order valence-electron chi connectivity index (χ1n) is 7.31. The molecule has 4 nitrogen and oxygen atoms in total. The lowest BCUT2D eigenvalue weighted by Gasteiger charge is -2.22. The van der Waals surface area contributed by atoms with Gasteiger partial charge in [0.2, 0.25) is 0 Å². The van der Waals surface area contributed by atoms with Crippen molar-refractivity contribution in [3.63, 3.8) is 0 Å². The van der Waals surface area contributed by atoms with Crippen LogP contribution in [0.3, 0.4) is 0 Å². The summed E-state index contributed by atoms with van der Waals surface area (Å²) in [6.07, 6.45) is 1.09. The average molecular weight is 288 g/mol. The third-order valence-corrected chi connectivity index (χ3v) is 3.17. The van der Waals surface area contributed by atoms with E-state index in [9.17, 15) is 4.39 Å². The first-order chi connectivity index (χ1) is 10.3. The van der Waals surface area contributed by atoms with Gasteiger partial charge in [-0.25, -0.2) is 4.39 Å². The summed E-state index contributed by atoms with van der Waals surface area (Å²) in [5, 5.41) is 11.7. The van der Waals surface area contributed by atoms with Crippen molar-refractivity contribution in [2.75, 3.05) is 18.0 Å². The lowest BCUT2D eigenvalue weighted by molar-refractivity contribution is 0.624. The minimum atomic E-state index is -0.255. The Balaban J connectivity index is 2.14. The van der Waals surface area contributed by atoms with Crippen molar-refractivity contribution in [1.82, 2.24) is 15.5 Å². The van der Waals surface area contributed by atoms with Crippen molar-refractivity contribution in [2.24, 2.45) is 0 Å². The number of para-hydroxylation sites is 1. The van der Waals surface area contributed by atoms with Gasteiger partial charge < -0.3 is 10.2 Å². The monoisotopic (exact) mass is 288 g/mol. The van der Waals surface area contributed by atoms with Crippen LogP contribution in [0.5, 0.6) is 0 Å². The second-order valence-corrected chi connectivity index (χ2v) is 4.76. The molecule has 0 saturated carbocycles. The van der Waals surface area contributed by atoms with E-state index in [1.165, 1.54) is 6.07 Å². The normalized spacial score (nSPS) is 10.6. The third-order valence-electron chi connectivity index (χ3n) is 3.17. The second kappa shape index (κ2) is 7.69. The number of rotatable bonds is 7. The Bertz CT molecular complexity index is 556. The predicted octanol–water partition coefficient (Wildman–Crippen LogP) is 3.27. The zero-order valence-corrected chi connectivity index (χ0v) is 12.5. The molecule has 2 rings (SSSR count). The number of halogens is 1. The van der Waals surface area contributed by atoms with Crippen LogP contribution in [0.4, 0.5) is 15.9 Å². The lowest BCUT2D eigenvalue weighted by atomic mass is 10.2. The largest absolute Gasteiger partial charge is 0.323 e. The van der Waals surface area contributed by atoms with Crippen molar-refractivity contribution < 1.29 is 4.39 Å². The smallest absolute Gasteiger partial charge is 0.155 e. The summed E-state index contributed by atoms with van der Waals surface area (Å²) in [5.41, 5.74) is 1.41. The van der Waals surface area contributed by atoms with Crippen LogP contribution in [0, 0.1) is 5.82 Å². The van der Waals surface area contributed by atoms with E-state index in [0.717, 1.165) is 18.7 Å². The Hall–Kier alpha value is -2.01. The minimum absolute atomic E-state index is 0.255. The highest BCUT2D eigenvalue weighted by Crippen LogP contribution is 2.25. The van der Waals surface area contributed by atoms with E-state index in [0.29, 0.717) is 24.6 Å². The standard InChI is InChI=1S/C16H21FN4/c1-3-11-18-12-13-9-10-16(20-19-13)21(4-2)15-8-6-5-7-14(15)17/h5-10,18H,3-4,11-12H2,1-2H3. The maximum Gasteiger partial charge on any atom is 0.155 e. The maximum atomic E-state index is 13.9. The molecular formula is C16H21FN4. The molecule has 2 aromatic rings. The SMILES string of the molecule is CCCNCc1ccc(N(CC)c2ccccc2F)nn1. The van der Waals surface area contributed by atoms with E-state index in [-0.39, 0.29) is 5.82 Å². The van der Waals surface area contributed by atoms with Gasteiger partial charge in [0.1, 0.15) is 5.82 Å². The molecule has 0 amide bonds. The summed E-state index contributed by atoms with van der Waals surface area (Å²) in [4.78, 5) is 1.81. The van der Waals surface area contributed by atoms with Gasteiger partial charge in [0.25, 0.3) is 0 Å². The van der Waals surface area contributed by atoms with Gasteiger partial charge in [-0.3, -0.25) is 0 Å². The van der Waals surface area contributed by atoms with Crippen LogP contribution in [-0.2, 0) is 6.54 Å². The predicted molar refractivity (Wildman–Crippen MR) is 83.1 cm³/mol. The van der Waals surface area contributed by atoms with Gasteiger partial charge >= 0.3 is 0 Å².